The molecule has 0 aliphatic carbocycles. The van der Waals surface area contributed by atoms with Gasteiger partial charge in [-0.2, -0.15) is 0 Å². The van der Waals surface area contributed by atoms with E-state index in [1.54, 1.807) is 4.57 Å². The van der Waals surface area contributed by atoms with Gasteiger partial charge in [0.25, 0.3) is 0 Å². The number of nitrogens with two attached hydrogens (primary N) is 1. The highest BCUT2D eigenvalue weighted by molar-refractivity contribution is 8.00. The van der Waals surface area contributed by atoms with Gasteiger partial charge < -0.3 is 10.3 Å². The lowest BCUT2D eigenvalue weighted by atomic mass is 10.1. The maximum Gasteiger partial charge on any atom is 0.217 e. The molecule has 1 aromatic heterocycles. The van der Waals surface area contributed by atoms with E-state index in [1.807, 2.05) is 45.2 Å². The molecule has 0 saturated heterocycles. The summed E-state index contributed by atoms with van der Waals surface area (Å²) in [6, 6.07) is 7.52. The van der Waals surface area contributed by atoms with Crippen molar-refractivity contribution in [2.45, 2.75) is 37.1 Å². The van der Waals surface area contributed by atoms with Gasteiger partial charge in [-0.1, -0.05) is 41.6 Å². The van der Waals surface area contributed by atoms with Crippen LogP contribution in [0.3, 0.4) is 0 Å². The van der Waals surface area contributed by atoms with Crippen molar-refractivity contribution in [1.29, 1.82) is 0 Å². The summed E-state index contributed by atoms with van der Waals surface area (Å²) in [5.41, 5.74) is 6.95. The lowest BCUT2D eigenvalue weighted by Crippen LogP contribution is -2.15. The van der Waals surface area contributed by atoms with Crippen LogP contribution in [0.2, 0.25) is 0 Å². The Kier molecular flexibility index (Phi) is 5.54. The normalized spacial score (nSPS) is 12.1. The first-order valence-electron chi connectivity index (χ1n) is 7.32. The summed E-state index contributed by atoms with van der Waals surface area (Å²) in [7, 11) is 1.82. The topological polar surface area (TPSA) is 90.9 Å². The number of primary amides is 1. The maximum absolute atomic E-state index is 12.5. The summed E-state index contributed by atoms with van der Waals surface area (Å²) < 4.78 is 1.80. The van der Waals surface area contributed by atoms with E-state index in [2.05, 4.69) is 10.2 Å². The zero-order chi connectivity index (χ0) is 17.0. The van der Waals surface area contributed by atoms with Crippen LogP contribution < -0.4 is 5.73 Å². The third-order valence-electron chi connectivity index (χ3n) is 3.51. The van der Waals surface area contributed by atoms with Crippen LogP contribution in [0.25, 0.3) is 0 Å². The Morgan fingerprint density at radius 1 is 1.26 bits per heavy atom. The number of hydrogen-bond donors (Lipinski definition) is 1. The zero-order valence-electron chi connectivity index (χ0n) is 13.4. The Balaban J connectivity index is 2.05. The lowest BCUT2D eigenvalue weighted by molar-refractivity contribution is -0.118. The summed E-state index contributed by atoms with van der Waals surface area (Å²) in [6.45, 7) is 3.84. The van der Waals surface area contributed by atoms with E-state index in [9.17, 15) is 9.59 Å². The molecule has 2 aromatic rings. The second-order valence-electron chi connectivity index (χ2n) is 5.41. The molecule has 1 atom stereocenters. The number of carbonyl (C=O) groups is 2. The van der Waals surface area contributed by atoms with Gasteiger partial charge in [0.2, 0.25) is 5.91 Å². The van der Waals surface area contributed by atoms with Crippen molar-refractivity contribution >= 4 is 23.5 Å². The summed E-state index contributed by atoms with van der Waals surface area (Å²) in [4.78, 5) is 23.3. The molecule has 122 valence electrons. The van der Waals surface area contributed by atoms with Crippen LogP contribution in [0, 0.1) is 6.92 Å². The van der Waals surface area contributed by atoms with Crippen molar-refractivity contribution < 1.29 is 9.59 Å². The highest BCUT2D eigenvalue weighted by Crippen LogP contribution is 2.24. The molecule has 1 aromatic carbocycles. The number of amides is 1. The number of nitrogens with zero attached hydrogens (tertiary/aromatic N) is 3. The molecule has 0 aliphatic rings. The Bertz CT molecular complexity index is 709. The SMILES string of the molecule is Cc1ccc(C(=O)[C@H](C)Sc2nnc(CCC(N)=O)n2C)cc1. The van der Waals surface area contributed by atoms with Crippen molar-refractivity contribution in [2.24, 2.45) is 12.8 Å². The minimum atomic E-state index is -0.370. The van der Waals surface area contributed by atoms with Gasteiger partial charge in [0.05, 0.1) is 5.25 Å². The third-order valence-corrected chi connectivity index (χ3v) is 4.64. The molecule has 6 nitrogen and oxygen atoms in total. The fourth-order valence-corrected chi connectivity index (χ4v) is 2.98. The molecule has 0 fully saturated rings. The van der Waals surface area contributed by atoms with Gasteiger partial charge in [0.15, 0.2) is 10.9 Å². The number of Topliss-reactive ketones (excluding diaryl/α,β-unsaturated/α-hetero) is 1. The quantitative estimate of drug-likeness (QED) is 0.618. The minimum absolute atomic E-state index is 0.0525. The molecule has 0 saturated carbocycles. The predicted octanol–water partition coefficient (Wildman–Crippen LogP) is 1.90. The van der Waals surface area contributed by atoms with Crippen molar-refractivity contribution in [1.82, 2.24) is 14.8 Å². The van der Waals surface area contributed by atoms with Gasteiger partial charge in [-0.15, -0.1) is 10.2 Å². The predicted molar refractivity (Wildman–Crippen MR) is 89.3 cm³/mol. The molecule has 0 bridgehead atoms. The Hall–Kier alpha value is -2.15. The third kappa shape index (κ3) is 4.41. The smallest absolute Gasteiger partial charge is 0.217 e. The number of aryl methyl sites for hydroxylation is 2. The summed E-state index contributed by atoms with van der Waals surface area (Å²) in [5, 5.41) is 8.53. The number of hydrogen-bond acceptors (Lipinski definition) is 5. The number of thioether (sulfide) groups is 1. The van der Waals surface area contributed by atoms with E-state index in [0.717, 1.165) is 5.56 Å². The van der Waals surface area contributed by atoms with E-state index in [1.165, 1.54) is 11.8 Å². The van der Waals surface area contributed by atoms with Crippen molar-refractivity contribution in [3.8, 4) is 0 Å². The standard InChI is InChI=1S/C16H20N4O2S/c1-10-4-6-12(7-5-10)15(22)11(2)23-16-19-18-14(20(16)3)9-8-13(17)21/h4-7,11H,8-9H2,1-3H3,(H2,17,21)/t11-/m0/s1. The average molecular weight is 332 g/mol. The van der Waals surface area contributed by atoms with E-state index in [4.69, 9.17) is 5.73 Å². The van der Waals surface area contributed by atoms with Crippen LogP contribution in [-0.2, 0) is 18.3 Å². The van der Waals surface area contributed by atoms with E-state index in [0.29, 0.717) is 23.0 Å². The number of aromatic nitrogens is 3. The van der Waals surface area contributed by atoms with Crippen LogP contribution in [0.1, 0.15) is 35.1 Å². The molecule has 0 radical (unpaired) electrons. The zero-order valence-corrected chi connectivity index (χ0v) is 14.3. The van der Waals surface area contributed by atoms with Gasteiger partial charge in [-0.3, -0.25) is 9.59 Å². The minimum Gasteiger partial charge on any atom is -0.370 e. The van der Waals surface area contributed by atoms with E-state index < -0.39 is 0 Å². The second kappa shape index (κ2) is 7.41. The van der Waals surface area contributed by atoms with E-state index >= 15 is 0 Å². The summed E-state index contributed by atoms with van der Waals surface area (Å²) in [5.74, 6) is 0.364. The monoisotopic (exact) mass is 332 g/mol. The van der Waals surface area contributed by atoms with Crippen LogP contribution in [-0.4, -0.2) is 31.7 Å². The van der Waals surface area contributed by atoms with Crippen LogP contribution in [0.4, 0.5) is 0 Å². The summed E-state index contributed by atoms with van der Waals surface area (Å²) >= 11 is 1.36. The largest absolute Gasteiger partial charge is 0.370 e. The number of rotatable bonds is 7. The maximum atomic E-state index is 12.5. The lowest BCUT2D eigenvalue weighted by Gasteiger charge is -2.10. The molecule has 1 heterocycles. The molecule has 0 unspecified atom stereocenters. The molecule has 0 spiro atoms. The fourth-order valence-electron chi connectivity index (χ4n) is 2.06. The molecule has 0 aliphatic heterocycles. The molecule has 23 heavy (non-hydrogen) atoms. The van der Waals surface area contributed by atoms with Gasteiger partial charge >= 0.3 is 0 Å². The first-order valence-corrected chi connectivity index (χ1v) is 8.20. The van der Waals surface area contributed by atoms with Crippen LogP contribution >= 0.6 is 11.8 Å². The Morgan fingerprint density at radius 3 is 2.52 bits per heavy atom. The molecule has 2 N–H and O–H groups in total. The molecular weight excluding hydrogens is 312 g/mol. The molecule has 7 heteroatoms. The first kappa shape index (κ1) is 17.2. The van der Waals surface area contributed by atoms with Crippen molar-refractivity contribution in [3.05, 3.63) is 41.2 Å². The van der Waals surface area contributed by atoms with Crippen molar-refractivity contribution in [2.75, 3.05) is 0 Å². The van der Waals surface area contributed by atoms with E-state index in [-0.39, 0.29) is 23.4 Å². The molecule has 2 rings (SSSR count). The van der Waals surface area contributed by atoms with Crippen LogP contribution in [0.15, 0.2) is 29.4 Å². The first-order chi connectivity index (χ1) is 10.9. The number of carbonyl (C=O) groups excluding carboxylic acids is 2. The van der Waals surface area contributed by atoms with Gasteiger partial charge in [0, 0.05) is 25.5 Å². The van der Waals surface area contributed by atoms with Gasteiger partial charge in [0.1, 0.15) is 5.82 Å². The number of benzene rings is 1. The van der Waals surface area contributed by atoms with Gasteiger partial charge in [-0.05, 0) is 13.8 Å². The highest BCUT2D eigenvalue weighted by atomic mass is 32.2. The summed E-state index contributed by atoms with van der Waals surface area (Å²) in [6.07, 6.45) is 0.675. The van der Waals surface area contributed by atoms with Gasteiger partial charge in [-0.25, -0.2) is 0 Å². The fraction of sp³-hybridized carbons (Fsp3) is 0.375. The Labute approximate surface area is 139 Å². The Morgan fingerprint density at radius 2 is 1.91 bits per heavy atom. The average Bonchev–Trinajstić information content (AvgIpc) is 2.85. The van der Waals surface area contributed by atoms with Crippen LogP contribution in [0.5, 0.6) is 0 Å². The highest BCUT2D eigenvalue weighted by Gasteiger charge is 2.20. The molecular formula is C16H20N4O2S. The van der Waals surface area contributed by atoms with Crippen molar-refractivity contribution in [3.63, 3.8) is 0 Å². The second-order valence-corrected chi connectivity index (χ2v) is 6.72. The molecule has 1 amide bonds. The number of ketones is 1.